The van der Waals surface area contributed by atoms with E-state index in [0.717, 1.165) is 26.2 Å². The summed E-state index contributed by atoms with van der Waals surface area (Å²) in [5.41, 5.74) is 3.35. The zero-order chi connectivity index (χ0) is 10.4. The van der Waals surface area contributed by atoms with Gasteiger partial charge in [0.05, 0.1) is 4.88 Å². The number of hydrogen-bond acceptors (Lipinski definition) is 3. The highest BCUT2D eigenvalue weighted by molar-refractivity contribution is 7.09. The normalized spacial score (nSPS) is 10.1. The average Bonchev–Trinajstić information content (AvgIpc) is 2.51. The van der Waals surface area contributed by atoms with Gasteiger partial charge >= 0.3 is 0 Å². The Hall–Kier alpha value is 0.0300. The van der Waals surface area contributed by atoms with E-state index in [9.17, 15) is 0 Å². The maximum Gasteiger partial charge on any atom is 0.225 e. The molecule has 0 saturated heterocycles. The lowest BCUT2D eigenvalue weighted by atomic mass is 10.3. The summed E-state index contributed by atoms with van der Waals surface area (Å²) in [4.78, 5) is 1.27. The van der Waals surface area contributed by atoms with Crippen molar-refractivity contribution in [2.45, 2.75) is 26.8 Å². The van der Waals surface area contributed by atoms with Gasteiger partial charge < -0.3 is 26.8 Å². The van der Waals surface area contributed by atoms with Crippen molar-refractivity contribution in [1.82, 2.24) is 0 Å². The van der Waals surface area contributed by atoms with Crippen LogP contribution in [-0.2, 0) is 17.7 Å². The molecule has 1 aromatic rings. The second-order valence-corrected chi connectivity index (χ2v) is 4.04. The van der Waals surface area contributed by atoms with E-state index >= 15 is 0 Å². The predicted molar refractivity (Wildman–Crippen MR) is 56.5 cm³/mol. The lowest BCUT2D eigenvalue weighted by Crippen LogP contribution is -3.00. The first-order valence-electron chi connectivity index (χ1n) is 4.94. The molecule has 0 bridgehead atoms. The number of aromatic nitrogens is 1. The third kappa shape index (κ3) is 4.59. The van der Waals surface area contributed by atoms with Crippen LogP contribution < -0.4 is 21.5 Å². The van der Waals surface area contributed by atoms with Crippen molar-refractivity contribution in [1.29, 1.82) is 0 Å². The molecular formula is C10H18BrNO2S. The van der Waals surface area contributed by atoms with Gasteiger partial charge in [0.25, 0.3) is 0 Å². The summed E-state index contributed by atoms with van der Waals surface area (Å²) in [6.07, 6.45) is 0.762. The van der Waals surface area contributed by atoms with E-state index in [1.807, 2.05) is 6.92 Å². The minimum atomic E-state index is 0. The molecule has 0 atom stereocenters. The van der Waals surface area contributed by atoms with Gasteiger partial charge in [-0.05, 0) is 6.92 Å². The predicted octanol–water partition coefficient (Wildman–Crippen LogP) is -2.08. The molecule has 0 radical (unpaired) electrons. The molecule has 0 amide bonds. The van der Waals surface area contributed by atoms with Gasteiger partial charge in [-0.3, -0.25) is 0 Å². The molecule has 0 saturated carbocycles. The molecule has 5 heteroatoms. The van der Waals surface area contributed by atoms with Crippen LogP contribution in [0.5, 0.6) is 0 Å². The van der Waals surface area contributed by atoms with Gasteiger partial charge in [-0.15, -0.1) is 0 Å². The van der Waals surface area contributed by atoms with Gasteiger partial charge in [0.2, 0.25) is 5.51 Å². The monoisotopic (exact) mass is 295 g/mol. The first-order valence-corrected chi connectivity index (χ1v) is 5.82. The average molecular weight is 296 g/mol. The topological polar surface area (TPSA) is 33.3 Å². The Morgan fingerprint density at radius 1 is 1.53 bits per heavy atom. The maximum atomic E-state index is 8.84. The van der Waals surface area contributed by atoms with E-state index in [1.54, 1.807) is 11.3 Å². The molecule has 1 aromatic heterocycles. The van der Waals surface area contributed by atoms with Gasteiger partial charge in [0, 0.05) is 26.6 Å². The first-order chi connectivity index (χ1) is 6.79. The highest BCUT2D eigenvalue weighted by Crippen LogP contribution is 2.10. The second kappa shape index (κ2) is 8.21. The Morgan fingerprint density at radius 2 is 2.27 bits per heavy atom. The Bertz CT molecular complexity index is 278. The lowest BCUT2D eigenvalue weighted by Gasteiger charge is -1.97. The zero-order valence-electron chi connectivity index (χ0n) is 9.20. The molecule has 0 aliphatic heterocycles. The van der Waals surface area contributed by atoms with Crippen LogP contribution in [-0.4, -0.2) is 24.9 Å². The van der Waals surface area contributed by atoms with Crippen LogP contribution >= 0.6 is 11.3 Å². The van der Waals surface area contributed by atoms with E-state index in [2.05, 4.69) is 17.0 Å². The van der Waals surface area contributed by atoms with Gasteiger partial charge in [0.15, 0.2) is 12.2 Å². The smallest absolute Gasteiger partial charge is 0.225 e. The lowest BCUT2D eigenvalue weighted by molar-refractivity contribution is -0.699. The van der Waals surface area contributed by atoms with Crippen LogP contribution in [0.25, 0.3) is 0 Å². The van der Waals surface area contributed by atoms with Gasteiger partial charge in [-0.2, -0.15) is 4.57 Å². The fourth-order valence-corrected chi connectivity index (χ4v) is 2.34. The summed E-state index contributed by atoms with van der Waals surface area (Å²) < 4.78 is 7.48. The summed E-state index contributed by atoms with van der Waals surface area (Å²) in [7, 11) is 0. The number of aliphatic hydroxyl groups excluding tert-OH is 1. The van der Waals surface area contributed by atoms with Gasteiger partial charge in [-0.25, -0.2) is 0 Å². The van der Waals surface area contributed by atoms with Crippen molar-refractivity contribution in [3.05, 3.63) is 16.1 Å². The van der Waals surface area contributed by atoms with Crippen molar-refractivity contribution in [2.75, 3.05) is 19.8 Å². The van der Waals surface area contributed by atoms with Crippen LogP contribution in [0.1, 0.15) is 17.5 Å². The standard InChI is InChI=1S/C10H18NO2S.BrH/c1-3-13-7-5-11-8-14-10(4-6-12)9(11)2;/h8,12H,3-7H2,1-2H3;1H/q+1;/p-1. The van der Waals surface area contributed by atoms with E-state index in [1.165, 1.54) is 10.6 Å². The summed E-state index contributed by atoms with van der Waals surface area (Å²) in [5.74, 6) is 0. The minimum Gasteiger partial charge on any atom is -1.00 e. The Labute approximate surface area is 105 Å². The number of ether oxygens (including phenoxy) is 1. The van der Waals surface area contributed by atoms with Crippen LogP contribution in [0.15, 0.2) is 5.51 Å². The van der Waals surface area contributed by atoms with E-state index in [-0.39, 0.29) is 23.6 Å². The molecule has 0 fully saturated rings. The van der Waals surface area contributed by atoms with Gasteiger partial charge in [-0.1, -0.05) is 11.3 Å². The number of rotatable bonds is 6. The van der Waals surface area contributed by atoms with Crippen molar-refractivity contribution in [2.24, 2.45) is 0 Å². The number of hydrogen-bond donors (Lipinski definition) is 1. The van der Waals surface area contributed by atoms with E-state index in [0.29, 0.717) is 0 Å². The summed E-state index contributed by atoms with van der Waals surface area (Å²) >= 11 is 1.71. The largest absolute Gasteiger partial charge is 1.00 e. The molecule has 0 aliphatic rings. The summed E-state index contributed by atoms with van der Waals surface area (Å²) in [5, 5.41) is 8.84. The third-order valence-electron chi connectivity index (χ3n) is 2.18. The molecule has 1 heterocycles. The van der Waals surface area contributed by atoms with E-state index < -0.39 is 0 Å². The fourth-order valence-electron chi connectivity index (χ4n) is 1.32. The maximum absolute atomic E-state index is 8.84. The molecule has 1 N–H and O–H groups in total. The van der Waals surface area contributed by atoms with Crippen molar-refractivity contribution in [3.63, 3.8) is 0 Å². The molecular weight excluding hydrogens is 278 g/mol. The van der Waals surface area contributed by atoms with Crippen LogP contribution in [0.2, 0.25) is 0 Å². The molecule has 0 spiro atoms. The zero-order valence-corrected chi connectivity index (χ0v) is 11.6. The van der Waals surface area contributed by atoms with E-state index in [4.69, 9.17) is 9.84 Å². The summed E-state index contributed by atoms with van der Waals surface area (Å²) in [6, 6.07) is 0. The Balaban J connectivity index is 0.00000196. The Morgan fingerprint density at radius 3 is 2.87 bits per heavy atom. The summed E-state index contributed by atoms with van der Waals surface area (Å²) in [6.45, 7) is 6.76. The number of halogens is 1. The van der Waals surface area contributed by atoms with Crippen molar-refractivity contribution >= 4 is 11.3 Å². The molecule has 15 heavy (non-hydrogen) atoms. The number of aliphatic hydroxyl groups is 1. The molecule has 88 valence electrons. The van der Waals surface area contributed by atoms with Gasteiger partial charge in [0.1, 0.15) is 6.61 Å². The number of thiazole rings is 1. The minimum absolute atomic E-state index is 0. The highest BCUT2D eigenvalue weighted by atomic mass is 79.9. The van der Waals surface area contributed by atoms with Crippen LogP contribution in [0.3, 0.4) is 0 Å². The fraction of sp³-hybridized carbons (Fsp3) is 0.700. The number of nitrogens with zero attached hydrogens (tertiary/aromatic N) is 1. The van der Waals surface area contributed by atoms with Crippen LogP contribution in [0.4, 0.5) is 0 Å². The first kappa shape index (κ1) is 15.0. The Kier molecular flexibility index (Phi) is 8.23. The second-order valence-electron chi connectivity index (χ2n) is 3.10. The molecule has 0 aromatic carbocycles. The quantitative estimate of drug-likeness (QED) is 0.483. The van der Waals surface area contributed by atoms with Crippen LogP contribution in [0, 0.1) is 6.92 Å². The molecule has 1 rings (SSSR count). The molecule has 0 unspecified atom stereocenters. The SMILES string of the molecule is CCOCC[n+]1csc(CCO)c1C.[Br-]. The van der Waals surface area contributed by atoms with Crippen molar-refractivity contribution < 1.29 is 31.4 Å². The molecule has 0 aliphatic carbocycles. The molecule has 3 nitrogen and oxygen atoms in total. The third-order valence-corrected chi connectivity index (χ3v) is 3.32. The highest BCUT2D eigenvalue weighted by Gasteiger charge is 2.13. The van der Waals surface area contributed by atoms with Crippen molar-refractivity contribution in [3.8, 4) is 0 Å².